The summed E-state index contributed by atoms with van der Waals surface area (Å²) in [5.74, 6) is -0.167. The second-order valence-corrected chi connectivity index (χ2v) is 8.24. The second kappa shape index (κ2) is 8.27. The van der Waals surface area contributed by atoms with Gasteiger partial charge in [0.2, 0.25) is 5.91 Å². The zero-order valence-corrected chi connectivity index (χ0v) is 17.1. The van der Waals surface area contributed by atoms with Gasteiger partial charge in [-0.25, -0.2) is 0 Å². The molecule has 0 spiro atoms. The van der Waals surface area contributed by atoms with Gasteiger partial charge in [-0.15, -0.1) is 0 Å². The Morgan fingerprint density at radius 2 is 1.82 bits per heavy atom. The number of ketones is 1. The van der Waals surface area contributed by atoms with Crippen molar-refractivity contribution in [3.8, 4) is 11.1 Å². The van der Waals surface area contributed by atoms with Crippen molar-refractivity contribution in [3.05, 3.63) is 60.2 Å². The van der Waals surface area contributed by atoms with Crippen LogP contribution in [0.4, 0.5) is 0 Å². The van der Waals surface area contributed by atoms with Gasteiger partial charge < -0.3 is 10.1 Å². The third kappa shape index (κ3) is 4.17. The minimum atomic E-state index is -0.969. The molecule has 0 aromatic heterocycles. The first-order chi connectivity index (χ1) is 13.3. The van der Waals surface area contributed by atoms with Gasteiger partial charge in [-0.3, -0.25) is 9.59 Å². The molecule has 0 bridgehead atoms. The highest BCUT2D eigenvalue weighted by atomic mass is 16.5. The maximum absolute atomic E-state index is 13.3. The Bertz CT molecular complexity index is 846. The van der Waals surface area contributed by atoms with E-state index in [-0.39, 0.29) is 30.3 Å². The van der Waals surface area contributed by atoms with Crippen LogP contribution in [-0.2, 0) is 14.3 Å². The SMILES string of the molecule is CC(C)CC(C(=O)NC1(C)C(=O)COC1C)c1cccc(-c2ccccc2)c1. The first kappa shape index (κ1) is 20.3. The molecule has 4 heteroatoms. The minimum Gasteiger partial charge on any atom is -0.368 e. The fourth-order valence-electron chi connectivity index (χ4n) is 3.69. The molecule has 0 aliphatic carbocycles. The first-order valence-corrected chi connectivity index (χ1v) is 9.93. The van der Waals surface area contributed by atoms with Crippen molar-refractivity contribution in [3.63, 3.8) is 0 Å². The van der Waals surface area contributed by atoms with Gasteiger partial charge >= 0.3 is 0 Å². The van der Waals surface area contributed by atoms with E-state index in [2.05, 4.69) is 43.4 Å². The molecule has 1 N–H and O–H groups in total. The smallest absolute Gasteiger partial charge is 0.228 e. The molecule has 0 radical (unpaired) electrons. The Kier molecular flexibility index (Phi) is 5.99. The molecule has 1 saturated heterocycles. The van der Waals surface area contributed by atoms with Gasteiger partial charge in [-0.2, -0.15) is 0 Å². The molecule has 3 atom stereocenters. The van der Waals surface area contributed by atoms with Crippen molar-refractivity contribution in [2.24, 2.45) is 5.92 Å². The summed E-state index contributed by atoms with van der Waals surface area (Å²) in [6.45, 7) is 7.86. The van der Waals surface area contributed by atoms with Gasteiger partial charge in [0.05, 0.1) is 12.0 Å². The van der Waals surface area contributed by atoms with Crippen LogP contribution in [0.5, 0.6) is 0 Å². The number of carbonyl (C=O) groups is 2. The lowest BCUT2D eigenvalue weighted by atomic mass is 9.86. The Hall–Kier alpha value is -2.46. The predicted octanol–water partition coefficient (Wildman–Crippen LogP) is 4.35. The molecule has 1 fully saturated rings. The summed E-state index contributed by atoms with van der Waals surface area (Å²) < 4.78 is 5.46. The standard InChI is InChI=1S/C24H29NO3/c1-16(2)13-21(23(27)25-24(4)17(3)28-15-22(24)26)20-12-8-11-19(14-20)18-9-6-5-7-10-18/h5-12,14,16-17,21H,13,15H2,1-4H3,(H,25,27). The topological polar surface area (TPSA) is 55.4 Å². The van der Waals surface area contributed by atoms with E-state index in [1.165, 1.54) is 0 Å². The number of ether oxygens (including phenoxy) is 1. The molecular weight excluding hydrogens is 350 g/mol. The number of hydrogen-bond acceptors (Lipinski definition) is 3. The Morgan fingerprint density at radius 3 is 2.43 bits per heavy atom. The molecule has 1 aliphatic heterocycles. The van der Waals surface area contributed by atoms with Gasteiger partial charge in [0.1, 0.15) is 12.1 Å². The molecule has 28 heavy (non-hydrogen) atoms. The number of amides is 1. The molecule has 1 amide bonds. The van der Waals surface area contributed by atoms with Crippen LogP contribution in [-0.4, -0.2) is 29.9 Å². The summed E-state index contributed by atoms with van der Waals surface area (Å²) in [7, 11) is 0. The minimum absolute atomic E-state index is 0.0519. The highest BCUT2D eigenvalue weighted by molar-refractivity contribution is 5.97. The van der Waals surface area contributed by atoms with E-state index in [1.54, 1.807) is 6.92 Å². The zero-order valence-electron chi connectivity index (χ0n) is 17.1. The van der Waals surface area contributed by atoms with Crippen LogP contribution in [0.3, 0.4) is 0 Å². The van der Waals surface area contributed by atoms with Crippen molar-refractivity contribution in [2.45, 2.75) is 51.7 Å². The highest BCUT2D eigenvalue weighted by Crippen LogP contribution is 2.30. The fourth-order valence-corrected chi connectivity index (χ4v) is 3.69. The molecule has 3 unspecified atom stereocenters. The summed E-state index contributed by atoms with van der Waals surface area (Å²) >= 11 is 0. The maximum atomic E-state index is 13.3. The summed E-state index contributed by atoms with van der Waals surface area (Å²) in [4.78, 5) is 25.6. The summed E-state index contributed by atoms with van der Waals surface area (Å²) in [5.41, 5.74) is 2.20. The molecule has 0 saturated carbocycles. The van der Waals surface area contributed by atoms with Crippen LogP contribution in [0.25, 0.3) is 11.1 Å². The average molecular weight is 380 g/mol. The maximum Gasteiger partial charge on any atom is 0.228 e. The van der Waals surface area contributed by atoms with Crippen molar-refractivity contribution in [1.29, 1.82) is 0 Å². The summed E-state index contributed by atoms with van der Waals surface area (Å²) in [6, 6.07) is 18.3. The van der Waals surface area contributed by atoms with E-state index in [0.717, 1.165) is 16.7 Å². The van der Waals surface area contributed by atoms with E-state index in [1.807, 2.05) is 37.3 Å². The van der Waals surface area contributed by atoms with Crippen LogP contribution in [0, 0.1) is 5.92 Å². The number of rotatable bonds is 6. The van der Waals surface area contributed by atoms with E-state index in [9.17, 15) is 9.59 Å². The van der Waals surface area contributed by atoms with Crippen molar-refractivity contribution in [1.82, 2.24) is 5.32 Å². The van der Waals surface area contributed by atoms with Gasteiger partial charge in [0.15, 0.2) is 5.78 Å². The van der Waals surface area contributed by atoms with E-state index in [0.29, 0.717) is 12.3 Å². The monoisotopic (exact) mass is 379 g/mol. The van der Waals surface area contributed by atoms with Crippen LogP contribution in [0.1, 0.15) is 45.6 Å². The number of hydrogen-bond donors (Lipinski definition) is 1. The molecule has 3 rings (SSSR count). The lowest BCUT2D eigenvalue weighted by molar-refractivity contribution is -0.130. The fraction of sp³-hybridized carbons (Fsp3) is 0.417. The predicted molar refractivity (Wildman–Crippen MR) is 111 cm³/mol. The lowest BCUT2D eigenvalue weighted by Gasteiger charge is -2.30. The lowest BCUT2D eigenvalue weighted by Crippen LogP contribution is -2.56. The molecule has 1 heterocycles. The number of carbonyl (C=O) groups excluding carboxylic acids is 2. The average Bonchev–Trinajstić information content (AvgIpc) is 2.93. The van der Waals surface area contributed by atoms with E-state index < -0.39 is 5.54 Å². The molecular formula is C24H29NO3. The third-order valence-electron chi connectivity index (χ3n) is 5.66. The van der Waals surface area contributed by atoms with Crippen molar-refractivity contribution < 1.29 is 14.3 Å². The van der Waals surface area contributed by atoms with E-state index >= 15 is 0 Å². The van der Waals surface area contributed by atoms with E-state index in [4.69, 9.17) is 4.74 Å². The van der Waals surface area contributed by atoms with Crippen LogP contribution >= 0.6 is 0 Å². The molecule has 4 nitrogen and oxygen atoms in total. The van der Waals surface area contributed by atoms with Gasteiger partial charge in [-0.1, -0.05) is 68.4 Å². The molecule has 148 valence electrons. The van der Waals surface area contributed by atoms with Gasteiger partial charge in [0.25, 0.3) is 0 Å². The Morgan fingerprint density at radius 1 is 1.14 bits per heavy atom. The molecule has 2 aromatic rings. The Labute approximate surface area is 167 Å². The molecule has 2 aromatic carbocycles. The normalized spacial score (nSPS) is 23.0. The highest BCUT2D eigenvalue weighted by Gasteiger charge is 2.46. The number of benzene rings is 2. The number of Topliss-reactive ketones (excluding diaryl/α,β-unsaturated/α-hetero) is 1. The largest absolute Gasteiger partial charge is 0.368 e. The van der Waals surface area contributed by atoms with Crippen LogP contribution in [0.2, 0.25) is 0 Å². The van der Waals surface area contributed by atoms with Gasteiger partial charge in [0, 0.05) is 0 Å². The quantitative estimate of drug-likeness (QED) is 0.812. The van der Waals surface area contributed by atoms with Gasteiger partial charge in [-0.05, 0) is 42.9 Å². The van der Waals surface area contributed by atoms with Crippen molar-refractivity contribution >= 4 is 11.7 Å². The first-order valence-electron chi connectivity index (χ1n) is 9.93. The van der Waals surface area contributed by atoms with Crippen LogP contribution < -0.4 is 5.32 Å². The van der Waals surface area contributed by atoms with Crippen molar-refractivity contribution in [2.75, 3.05) is 6.61 Å². The second-order valence-electron chi connectivity index (χ2n) is 8.24. The summed E-state index contributed by atoms with van der Waals surface area (Å²) in [6.07, 6.45) is 0.378. The Balaban J connectivity index is 1.90. The third-order valence-corrected chi connectivity index (χ3v) is 5.66. The van der Waals surface area contributed by atoms with Crippen LogP contribution in [0.15, 0.2) is 54.6 Å². The summed E-state index contributed by atoms with van der Waals surface area (Å²) in [5, 5.41) is 3.00. The zero-order chi connectivity index (χ0) is 20.3. The number of nitrogens with one attached hydrogen (secondary N) is 1. The molecule has 1 aliphatic rings.